The molecule has 0 spiro atoms. The largest absolute Gasteiger partial charge is 0.396 e. The number of aromatic nitrogens is 5. The van der Waals surface area contributed by atoms with E-state index in [-0.39, 0.29) is 18.6 Å². The summed E-state index contributed by atoms with van der Waals surface area (Å²) in [6.07, 6.45) is 10.4. The number of nitrogens with zero attached hydrogens (tertiary/aromatic N) is 6. The molecule has 9 heteroatoms. The molecule has 3 N–H and O–H groups in total. The van der Waals surface area contributed by atoms with Crippen LogP contribution in [-0.2, 0) is 0 Å². The number of hydrogen-bond acceptors (Lipinski definition) is 7. The number of nitrogens with two attached hydrogens (primary N) is 1. The molecule has 1 atom stereocenters. The Morgan fingerprint density at radius 2 is 2.00 bits per heavy atom. The topological polar surface area (TPSA) is 123 Å². The van der Waals surface area contributed by atoms with Gasteiger partial charge < -0.3 is 15.7 Å². The molecule has 0 saturated carbocycles. The maximum absolute atomic E-state index is 13.0. The van der Waals surface area contributed by atoms with E-state index in [2.05, 4.69) is 20.1 Å². The molecular weight excluding hydrogens is 418 g/mol. The Kier molecular flexibility index (Phi) is 5.70. The average Bonchev–Trinajstić information content (AvgIpc) is 3.19. The second-order valence-electron chi connectivity index (χ2n) is 8.18. The van der Waals surface area contributed by atoms with Crippen molar-refractivity contribution < 1.29 is 9.90 Å². The molecule has 0 aromatic carbocycles. The van der Waals surface area contributed by atoms with Crippen LogP contribution in [0.2, 0.25) is 0 Å². The highest BCUT2D eigenvalue weighted by Gasteiger charge is 2.27. The van der Waals surface area contributed by atoms with E-state index in [4.69, 9.17) is 5.73 Å². The molecule has 1 unspecified atom stereocenters. The molecule has 33 heavy (non-hydrogen) atoms. The lowest BCUT2D eigenvalue weighted by Crippen LogP contribution is -2.44. The van der Waals surface area contributed by atoms with Crippen molar-refractivity contribution >= 4 is 17.4 Å². The number of aliphatic hydroxyl groups is 1. The number of piperidine rings is 1. The van der Waals surface area contributed by atoms with Crippen LogP contribution in [0.3, 0.4) is 0 Å². The highest BCUT2D eigenvalue weighted by Crippen LogP contribution is 2.29. The highest BCUT2D eigenvalue weighted by atomic mass is 16.3. The Labute approximate surface area is 190 Å². The summed E-state index contributed by atoms with van der Waals surface area (Å²) in [5.74, 6) is 0.312. The van der Waals surface area contributed by atoms with E-state index in [9.17, 15) is 9.90 Å². The zero-order valence-corrected chi connectivity index (χ0v) is 18.1. The monoisotopic (exact) mass is 443 g/mol. The van der Waals surface area contributed by atoms with Gasteiger partial charge >= 0.3 is 0 Å². The first-order chi connectivity index (χ1) is 16.2. The summed E-state index contributed by atoms with van der Waals surface area (Å²) >= 11 is 0. The Balaban J connectivity index is 1.41. The van der Waals surface area contributed by atoms with Crippen LogP contribution in [0, 0.1) is 0 Å². The second-order valence-corrected chi connectivity index (χ2v) is 8.18. The van der Waals surface area contributed by atoms with Gasteiger partial charge in [0.05, 0.1) is 22.5 Å². The van der Waals surface area contributed by atoms with Crippen LogP contribution < -0.4 is 5.73 Å². The summed E-state index contributed by atoms with van der Waals surface area (Å²) in [6, 6.07) is 9.29. The molecule has 5 rings (SSSR count). The fraction of sp³-hybridized carbons (Fsp3) is 0.292. The summed E-state index contributed by atoms with van der Waals surface area (Å²) in [7, 11) is 0. The van der Waals surface area contributed by atoms with Gasteiger partial charge in [0.1, 0.15) is 0 Å². The summed E-state index contributed by atoms with van der Waals surface area (Å²) in [6.45, 7) is 0.798. The molecule has 1 aliphatic heterocycles. The summed E-state index contributed by atoms with van der Waals surface area (Å²) < 4.78 is 1.63. The number of anilines is 1. The quantitative estimate of drug-likeness (QED) is 0.486. The van der Waals surface area contributed by atoms with Crippen LogP contribution in [0.15, 0.2) is 55.1 Å². The number of aliphatic hydroxyl groups excluding tert-OH is 1. The van der Waals surface area contributed by atoms with Crippen molar-refractivity contribution in [2.75, 3.05) is 18.9 Å². The van der Waals surface area contributed by atoms with E-state index >= 15 is 0 Å². The zero-order chi connectivity index (χ0) is 22.8. The first-order valence-electron chi connectivity index (χ1n) is 11.1. The molecule has 0 bridgehead atoms. The minimum Gasteiger partial charge on any atom is -0.396 e. The first kappa shape index (κ1) is 21.0. The third-order valence-corrected chi connectivity index (χ3v) is 6.08. The summed E-state index contributed by atoms with van der Waals surface area (Å²) in [5.41, 5.74) is 10.1. The van der Waals surface area contributed by atoms with E-state index in [1.807, 2.05) is 35.4 Å². The van der Waals surface area contributed by atoms with E-state index < -0.39 is 0 Å². The minimum absolute atomic E-state index is 0.0411. The lowest BCUT2D eigenvalue weighted by Gasteiger charge is -2.35. The number of amides is 1. The van der Waals surface area contributed by atoms with Crippen molar-refractivity contribution in [3.63, 3.8) is 0 Å². The van der Waals surface area contributed by atoms with Crippen LogP contribution in [0.5, 0.6) is 0 Å². The molecule has 168 valence electrons. The molecule has 1 fully saturated rings. The molecule has 9 nitrogen and oxygen atoms in total. The smallest absolute Gasteiger partial charge is 0.255 e. The average molecular weight is 444 g/mol. The standard InChI is InChI=1S/C24H25N7O2/c25-22-21(20-6-1-3-10-26-20)23-28-14-17(15-31(23)29-22)19-8-7-16(13-27-19)24(33)30-11-4-2-5-18(30)9-12-32/h1,3,6-8,10,13-15,18,32H,2,4-5,9,11-12H2,(H2,25,29). The number of pyridine rings is 2. The van der Waals surface area contributed by atoms with Gasteiger partial charge in [0.15, 0.2) is 11.5 Å². The Morgan fingerprint density at radius 1 is 1.09 bits per heavy atom. The maximum atomic E-state index is 13.0. The molecule has 1 saturated heterocycles. The van der Waals surface area contributed by atoms with E-state index in [0.717, 1.165) is 24.8 Å². The summed E-state index contributed by atoms with van der Waals surface area (Å²) in [5, 5.41) is 13.7. The minimum atomic E-state index is -0.0411. The lowest BCUT2D eigenvalue weighted by atomic mass is 9.98. The van der Waals surface area contributed by atoms with Gasteiger partial charge in [0, 0.05) is 49.5 Å². The van der Waals surface area contributed by atoms with Crippen molar-refractivity contribution in [2.24, 2.45) is 0 Å². The van der Waals surface area contributed by atoms with Gasteiger partial charge in [-0.25, -0.2) is 9.50 Å². The van der Waals surface area contributed by atoms with Gasteiger partial charge in [-0.3, -0.25) is 14.8 Å². The van der Waals surface area contributed by atoms with Crippen LogP contribution in [0.1, 0.15) is 36.0 Å². The van der Waals surface area contributed by atoms with E-state index in [1.165, 1.54) is 0 Å². The van der Waals surface area contributed by atoms with Crippen LogP contribution in [0.4, 0.5) is 5.82 Å². The Morgan fingerprint density at radius 3 is 2.76 bits per heavy atom. The van der Waals surface area contributed by atoms with E-state index in [1.54, 1.807) is 29.2 Å². The van der Waals surface area contributed by atoms with Crippen LogP contribution in [-0.4, -0.2) is 59.7 Å². The van der Waals surface area contributed by atoms with Gasteiger partial charge in [0.2, 0.25) is 0 Å². The first-order valence-corrected chi connectivity index (χ1v) is 11.1. The van der Waals surface area contributed by atoms with Gasteiger partial charge in [0.25, 0.3) is 5.91 Å². The third-order valence-electron chi connectivity index (χ3n) is 6.08. The van der Waals surface area contributed by atoms with Crippen LogP contribution >= 0.6 is 0 Å². The molecular formula is C24H25N7O2. The number of fused-ring (bicyclic) bond motifs is 1. The number of rotatable bonds is 5. The van der Waals surface area contributed by atoms with Crippen molar-refractivity contribution in [3.05, 3.63) is 60.7 Å². The van der Waals surface area contributed by atoms with Gasteiger partial charge in [-0.1, -0.05) is 6.07 Å². The van der Waals surface area contributed by atoms with Crippen molar-refractivity contribution in [3.8, 4) is 22.5 Å². The molecule has 4 aromatic heterocycles. The number of carbonyl (C=O) groups excluding carboxylic acids is 1. The van der Waals surface area contributed by atoms with Crippen molar-refractivity contribution in [1.29, 1.82) is 0 Å². The third kappa shape index (κ3) is 4.03. The SMILES string of the molecule is Nc1nn2cc(-c3ccc(C(=O)N4CCCCC4CCO)cn3)cnc2c1-c1ccccn1. The maximum Gasteiger partial charge on any atom is 0.255 e. The Hall–Kier alpha value is -3.85. The van der Waals surface area contributed by atoms with Crippen molar-refractivity contribution in [2.45, 2.75) is 31.7 Å². The number of hydrogen-bond donors (Lipinski definition) is 2. The molecule has 1 aliphatic rings. The molecule has 1 amide bonds. The summed E-state index contributed by atoms with van der Waals surface area (Å²) in [4.78, 5) is 28.3. The molecule has 0 radical (unpaired) electrons. The predicted molar refractivity (Wildman–Crippen MR) is 124 cm³/mol. The second kappa shape index (κ2) is 8.95. The molecule has 0 aliphatic carbocycles. The zero-order valence-electron chi connectivity index (χ0n) is 18.1. The van der Waals surface area contributed by atoms with Gasteiger partial charge in [-0.2, -0.15) is 0 Å². The Bertz CT molecular complexity index is 1270. The fourth-order valence-corrected chi connectivity index (χ4v) is 4.41. The fourth-order valence-electron chi connectivity index (χ4n) is 4.41. The van der Waals surface area contributed by atoms with Crippen LogP contribution in [0.25, 0.3) is 28.2 Å². The van der Waals surface area contributed by atoms with E-state index in [0.29, 0.717) is 46.9 Å². The molecule has 5 heterocycles. The van der Waals surface area contributed by atoms with Gasteiger partial charge in [-0.15, -0.1) is 5.10 Å². The lowest BCUT2D eigenvalue weighted by molar-refractivity contribution is 0.0574. The normalized spacial score (nSPS) is 16.3. The predicted octanol–water partition coefficient (Wildman–Crippen LogP) is 2.81. The number of carbonyl (C=O) groups is 1. The highest BCUT2D eigenvalue weighted by molar-refractivity contribution is 5.94. The van der Waals surface area contributed by atoms with Crippen molar-refractivity contribution in [1.82, 2.24) is 29.5 Å². The number of nitrogen functional groups attached to an aromatic ring is 1. The molecule has 4 aromatic rings. The number of likely N-dealkylation sites (tertiary alicyclic amines) is 1. The van der Waals surface area contributed by atoms with Gasteiger partial charge in [-0.05, 0) is 49.9 Å².